The van der Waals surface area contributed by atoms with Crippen LogP contribution >= 0.6 is 0 Å². The van der Waals surface area contributed by atoms with Crippen molar-refractivity contribution in [3.8, 4) is 0 Å². The summed E-state index contributed by atoms with van der Waals surface area (Å²) >= 11 is 0. The fourth-order valence-corrected chi connectivity index (χ4v) is 10.4. The molecule has 0 unspecified atom stereocenters. The third kappa shape index (κ3) is 5.39. The SMILES string of the molecule is CCN(CC)c1ccc(N2CCN(CC(=O)[C@@]3(C)[C@H](C)C[C@H]4[C@@H]5CCC6=CC(=O)C=C[C@]6(C)C5=CC[C@@]43C)CC2)nc1N(CC)CC. The van der Waals surface area contributed by atoms with Crippen LogP contribution < -0.4 is 14.7 Å². The van der Waals surface area contributed by atoms with Gasteiger partial charge >= 0.3 is 0 Å². The fraction of sp³-hybridized carbons (Fsp3) is 0.675. The molecule has 1 aromatic heterocycles. The Morgan fingerprint density at radius 3 is 2.32 bits per heavy atom. The summed E-state index contributed by atoms with van der Waals surface area (Å²) in [6.07, 6.45) is 12.4. The van der Waals surface area contributed by atoms with Crippen LogP contribution in [-0.2, 0) is 9.59 Å². The van der Waals surface area contributed by atoms with Gasteiger partial charge in [-0.15, -0.1) is 0 Å². The molecular formula is C40H59N5O2. The molecule has 5 aliphatic rings. The van der Waals surface area contributed by atoms with Gasteiger partial charge in [-0.05, 0) is 108 Å². The van der Waals surface area contributed by atoms with Crippen molar-refractivity contribution in [3.05, 3.63) is 47.6 Å². The van der Waals surface area contributed by atoms with E-state index in [-0.39, 0.29) is 22.0 Å². The van der Waals surface area contributed by atoms with Crippen molar-refractivity contribution < 1.29 is 9.59 Å². The van der Waals surface area contributed by atoms with E-state index in [1.54, 1.807) is 6.08 Å². The highest BCUT2D eigenvalue weighted by atomic mass is 16.1. The molecular weight excluding hydrogens is 582 g/mol. The molecule has 4 aliphatic carbocycles. The molecule has 7 nitrogen and oxygen atoms in total. The van der Waals surface area contributed by atoms with Gasteiger partial charge in [0, 0.05) is 63.2 Å². The van der Waals surface area contributed by atoms with Crippen LogP contribution in [0.3, 0.4) is 0 Å². The molecule has 2 saturated carbocycles. The van der Waals surface area contributed by atoms with Crippen LogP contribution in [0.15, 0.2) is 47.6 Å². The molecule has 7 heteroatoms. The van der Waals surface area contributed by atoms with Crippen LogP contribution in [-0.4, -0.2) is 80.4 Å². The van der Waals surface area contributed by atoms with E-state index in [0.29, 0.717) is 30.1 Å². The minimum absolute atomic E-state index is 0.0530. The molecule has 1 aromatic rings. The molecule has 0 radical (unpaired) electrons. The molecule has 0 spiro atoms. The summed E-state index contributed by atoms with van der Waals surface area (Å²) in [6.45, 7) is 26.1. The van der Waals surface area contributed by atoms with E-state index in [9.17, 15) is 9.59 Å². The molecule has 1 aliphatic heterocycles. The van der Waals surface area contributed by atoms with Crippen molar-refractivity contribution in [1.82, 2.24) is 9.88 Å². The first-order chi connectivity index (χ1) is 22.4. The number of fused-ring (bicyclic) bond motifs is 5. The Morgan fingerprint density at radius 2 is 1.66 bits per heavy atom. The van der Waals surface area contributed by atoms with Gasteiger partial charge in [-0.2, -0.15) is 0 Å². The lowest BCUT2D eigenvalue weighted by molar-refractivity contribution is -0.139. The van der Waals surface area contributed by atoms with Crippen LogP contribution in [0.2, 0.25) is 0 Å². The number of anilines is 3. The highest BCUT2D eigenvalue weighted by molar-refractivity contribution is 6.01. The van der Waals surface area contributed by atoms with Crippen molar-refractivity contribution >= 4 is 28.9 Å². The quantitative estimate of drug-likeness (QED) is 0.257. The number of carbonyl (C=O) groups excluding carboxylic acids is 2. The molecule has 256 valence electrons. The summed E-state index contributed by atoms with van der Waals surface area (Å²) in [6, 6.07) is 4.45. The number of hydrogen-bond donors (Lipinski definition) is 0. The van der Waals surface area contributed by atoms with Gasteiger partial charge in [0.05, 0.1) is 12.2 Å². The number of piperazine rings is 1. The number of allylic oxidation sites excluding steroid dienone is 6. The maximum atomic E-state index is 14.5. The van der Waals surface area contributed by atoms with Gasteiger partial charge in [0.2, 0.25) is 0 Å². The lowest BCUT2D eigenvalue weighted by atomic mass is 9.49. The molecule has 6 rings (SSSR count). The molecule has 1 saturated heterocycles. The Balaban J connectivity index is 1.15. The van der Waals surface area contributed by atoms with Crippen molar-refractivity contribution in [1.29, 1.82) is 0 Å². The minimum Gasteiger partial charge on any atom is -0.369 e. The summed E-state index contributed by atoms with van der Waals surface area (Å²) in [4.78, 5) is 41.5. The van der Waals surface area contributed by atoms with E-state index < -0.39 is 0 Å². The second kappa shape index (κ2) is 12.8. The van der Waals surface area contributed by atoms with Gasteiger partial charge in [-0.1, -0.05) is 44.1 Å². The number of pyridine rings is 1. The highest BCUT2D eigenvalue weighted by Crippen LogP contribution is 2.69. The van der Waals surface area contributed by atoms with Crippen molar-refractivity contribution in [3.63, 3.8) is 0 Å². The lowest BCUT2D eigenvalue weighted by Crippen LogP contribution is -2.54. The topological polar surface area (TPSA) is 60.0 Å². The number of hydrogen-bond acceptors (Lipinski definition) is 7. The maximum Gasteiger partial charge on any atom is 0.178 e. The standard InChI is InChI=1S/C40H59N5O2/c1-9-43(10-2)34-15-16-36(41-37(34)44(11-3)12-4)45-23-21-42(22-24-45)27-35(47)40(8)28(5)25-33-31-14-13-29-26-30(46)17-19-38(29,6)32(31)18-20-39(33,40)7/h15-19,26,28,31,33H,9-14,20-25,27H2,1-8H3/t28-,31-,33+,38+,39+,40-/m1/s1. The zero-order valence-corrected chi connectivity index (χ0v) is 30.4. The van der Waals surface area contributed by atoms with Gasteiger partial charge in [0.15, 0.2) is 17.4 Å². The third-order valence-corrected chi connectivity index (χ3v) is 13.8. The molecule has 3 fully saturated rings. The predicted molar refractivity (Wildman–Crippen MR) is 194 cm³/mol. The predicted octanol–water partition coefficient (Wildman–Crippen LogP) is 6.95. The Kier molecular flexibility index (Phi) is 9.27. The summed E-state index contributed by atoms with van der Waals surface area (Å²) in [7, 11) is 0. The number of carbonyl (C=O) groups is 2. The minimum atomic E-state index is -0.354. The van der Waals surface area contributed by atoms with Gasteiger partial charge in [-0.25, -0.2) is 4.98 Å². The van der Waals surface area contributed by atoms with Crippen LogP contribution in [0.25, 0.3) is 0 Å². The highest BCUT2D eigenvalue weighted by Gasteiger charge is 2.65. The Morgan fingerprint density at radius 1 is 0.979 bits per heavy atom. The molecule has 47 heavy (non-hydrogen) atoms. The Labute approximate surface area is 284 Å². The van der Waals surface area contributed by atoms with Crippen molar-refractivity contribution in [2.75, 3.05) is 73.6 Å². The molecule has 6 atom stereocenters. The zero-order chi connectivity index (χ0) is 33.7. The van der Waals surface area contributed by atoms with Crippen molar-refractivity contribution in [2.24, 2.45) is 34.0 Å². The van der Waals surface area contributed by atoms with Crippen LogP contribution in [0.1, 0.15) is 81.1 Å². The van der Waals surface area contributed by atoms with E-state index in [0.717, 1.165) is 89.7 Å². The second-order valence-corrected chi connectivity index (χ2v) is 15.5. The maximum absolute atomic E-state index is 14.5. The smallest absolute Gasteiger partial charge is 0.178 e. The van der Waals surface area contributed by atoms with Gasteiger partial charge < -0.3 is 14.7 Å². The number of rotatable bonds is 10. The second-order valence-electron chi connectivity index (χ2n) is 15.5. The van der Waals surface area contributed by atoms with Crippen LogP contribution in [0.5, 0.6) is 0 Å². The third-order valence-electron chi connectivity index (χ3n) is 13.8. The number of ketones is 2. The summed E-state index contributed by atoms with van der Waals surface area (Å²) in [5, 5.41) is 0. The molecule has 0 aromatic carbocycles. The first-order valence-electron chi connectivity index (χ1n) is 18.6. The summed E-state index contributed by atoms with van der Waals surface area (Å²) < 4.78 is 0. The van der Waals surface area contributed by atoms with Crippen LogP contribution in [0.4, 0.5) is 17.3 Å². The van der Waals surface area contributed by atoms with Crippen molar-refractivity contribution in [2.45, 2.75) is 81.1 Å². The number of Topliss-reactive ketones (excluding diaryl/α,β-unsaturated/α-hetero) is 1. The summed E-state index contributed by atoms with van der Waals surface area (Å²) in [5.41, 5.74) is 3.45. The lowest BCUT2D eigenvalue weighted by Gasteiger charge is -2.54. The van der Waals surface area contributed by atoms with E-state index >= 15 is 0 Å². The molecule has 2 heterocycles. The zero-order valence-electron chi connectivity index (χ0n) is 30.4. The largest absolute Gasteiger partial charge is 0.369 e. The number of nitrogens with zero attached hydrogens (tertiary/aromatic N) is 5. The average molecular weight is 642 g/mol. The van der Waals surface area contributed by atoms with E-state index in [1.807, 2.05) is 6.08 Å². The number of aromatic nitrogens is 1. The monoisotopic (exact) mass is 641 g/mol. The average Bonchev–Trinajstić information content (AvgIpc) is 3.28. The Bertz CT molecular complexity index is 1460. The fourth-order valence-electron chi connectivity index (χ4n) is 10.4. The Hall–Kier alpha value is -2.93. The van der Waals surface area contributed by atoms with E-state index in [4.69, 9.17) is 4.98 Å². The normalized spacial score (nSPS) is 33.5. The van der Waals surface area contributed by atoms with Gasteiger partial charge in [-0.3, -0.25) is 14.5 Å². The molecule has 0 N–H and O–H groups in total. The van der Waals surface area contributed by atoms with E-state index in [1.165, 1.54) is 16.8 Å². The van der Waals surface area contributed by atoms with Crippen LogP contribution in [0, 0.1) is 34.0 Å². The van der Waals surface area contributed by atoms with Gasteiger partial charge in [0.25, 0.3) is 0 Å². The first kappa shape index (κ1) is 34.0. The molecule has 0 bridgehead atoms. The van der Waals surface area contributed by atoms with Gasteiger partial charge in [0.1, 0.15) is 5.82 Å². The first-order valence-corrected chi connectivity index (χ1v) is 18.6. The molecule has 0 amide bonds. The van der Waals surface area contributed by atoms with E-state index in [2.05, 4.69) is 99.3 Å². The summed E-state index contributed by atoms with van der Waals surface area (Å²) in [5.74, 6) is 4.00.